The highest BCUT2D eigenvalue weighted by Crippen LogP contribution is 2.19. The number of para-hydroxylation sites is 1. The van der Waals surface area contributed by atoms with E-state index in [1.54, 1.807) is 12.0 Å². The van der Waals surface area contributed by atoms with Crippen molar-refractivity contribution in [2.24, 2.45) is 0 Å². The van der Waals surface area contributed by atoms with Gasteiger partial charge in [0.25, 0.3) is 5.56 Å². The minimum atomic E-state index is -0.261. The van der Waals surface area contributed by atoms with Gasteiger partial charge in [-0.1, -0.05) is 31.5 Å². The third kappa shape index (κ3) is 5.10. The number of benzene rings is 2. The van der Waals surface area contributed by atoms with Gasteiger partial charge in [0.1, 0.15) is 12.3 Å². The van der Waals surface area contributed by atoms with Crippen LogP contribution >= 0.6 is 0 Å². The lowest BCUT2D eigenvalue weighted by molar-refractivity contribution is -0.119. The van der Waals surface area contributed by atoms with Crippen molar-refractivity contribution in [2.75, 3.05) is 18.6 Å². The average molecular weight is 391 g/mol. The third-order valence-electron chi connectivity index (χ3n) is 4.68. The number of nitrogens with zero attached hydrogens (tertiary/aromatic N) is 3. The van der Waals surface area contributed by atoms with E-state index >= 15 is 0 Å². The first-order chi connectivity index (χ1) is 14.1. The van der Waals surface area contributed by atoms with Crippen LogP contribution in [-0.4, -0.2) is 29.1 Å². The molecule has 1 heterocycles. The number of hydrogen-bond acceptors (Lipinski definition) is 4. The van der Waals surface area contributed by atoms with Crippen LogP contribution in [0.5, 0.6) is 5.75 Å². The second-order valence-electron chi connectivity index (χ2n) is 6.70. The monoisotopic (exact) mass is 391 g/mol. The lowest BCUT2D eigenvalue weighted by atomic mass is 10.1. The average Bonchev–Trinajstić information content (AvgIpc) is 2.76. The molecule has 6 nitrogen and oxygen atoms in total. The number of carbonyl (C=O) groups excluding carboxylic acids is 1. The van der Waals surface area contributed by atoms with E-state index in [1.165, 1.54) is 17.0 Å². The quantitative estimate of drug-likeness (QED) is 0.587. The Hall–Kier alpha value is -3.41. The first-order valence-corrected chi connectivity index (χ1v) is 9.68. The predicted octanol–water partition coefficient (Wildman–Crippen LogP) is 3.75. The maximum atomic E-state index is 12.9. The molecule has 0 bridgehead atoms. The fourth-order valence-corrected chi connectivity index (χ4v) is 3.02. The number of methoxy groups -OCH3 is 1. The van der Waals surface area contributed by atoms with Gasteiger partial charge in [0.05, 0.1) is 19.1 Å². The van der Waals surface area contributed by atoms with E-state index in [9.17, 15) is 9.59 Å². The topological polar surface area (TPSA) is 64.4 Å². The largest absolute Gasteiger partial charge is 0.497 e. The maximum Gasteiger partial charge on any atom is 0.254 e. The molecule has 0 aliphatic rings. The summed E-state index contributed by atoms with van der Waals surface area (Å²) in [6.07, 6.45) is 3.31. The molecule has 0 spiro atoms. The number of ether oxygens (including phenoxy) is 1. The van der Waals surface area contributed by atoms with Crippen molar-refractivity contribution in [3.8, 4) is 17.0 Å². The van der Waals surface area contributed by atoms with Crippen molar-refractivity contribution >= 4 is 11.6 Å². The molecule has 1 aromatic heterocycles. The maximum absolute atomic E-state index is 12.9. The molecule has 0 radical (unpaired) electrons. The zero-order valence-electron chi connectivity index (χ0n) is 16.7. The summed E-state index contributed by atoms with van der Waals surface area (Å²) in [5, 5.41) is 0. The molecule has 0 saturated carbocycles. The molecular formula is C23H25N3O3. The fraction of sp³-hybridized carbons (Fsp3) is 0.261. The summed E-state index contributed by atoms with van der Waals surface area (Å²) in [6, 6.07) is 18.3. The molecule has 3 aromatic rings. The van der Waals surface area contributed by atoms with Crippen LogP contribution in [0.1, 0.15) is 19.8 Å². The van der Waals surface area contributed by atoms with Gasteiger partial charge in [-0.3, -0.25) is 14.2 Å². The molecule has 150 valence electrons. The van der Waals surface area contributed by atoms with E-state index in [0.29, 0.717) is 12.2 Å². The number of hydrogen-bond donors (Lipinski definition) is 0. The van der Waals surface area contributed by atoms with Gasteiger partial charge in [-0.05, 0) is 42.8 Å². The Balaban J connectivity index is 1.79. The van der Waals surface area contributed by atoms with Gasteiger partial charge in [0.2, 0.25) is 5.91 Å². The number of aromatic nitrogens is 2. The van der Waals surface area contributed by atoms with Gasteiger partial charge in [-0.2, -0.15) is 0 Å². The molecular weight excluding hydrogens is 366 g/mol. The summed E-state index contributed by atoms with van der Waals surface area (Å²) >= 11 is 0. The Morgan fingerprint density at radius 3 is 2.45 bits per heavy atom. The number of anilines is 1. The van der Waals surface area contributed by atoms with Gasteiger partial charge in [0, 0.05) is 23.9 Å². The Kier molecular flexibility index (Phi) is 6.79. The number of carbonyl (C=O) groups is 1. The standard InChI is InChI=1S/C23H25N3O3/c1-3-4-14-26(19-8-6-5-7-9-19)23(28)16-25-17-24-21(15-22(25)27)18-10-12-20(29-2)13-11-18/h5-13,15,17H,3-4,14,16H2,1-2H3. The van der Waals surface area contributed by atoms with Crippen LogP contribution in [0.2, 0.25) is 0 Å². The zero-order valence-corrected chi connectivity index (χ0v) is 16.7. The van der Waals surface area contributed by atoms with Crippen molar-refractivity contribution < 1.29 is 9.53 Å². The van der Waals surface area contributed by atoms with Crippen LogP contribution in [0.15, 0.2) is 71.8 Å². The molecule has 0 aliphatic carbocycles. The SMILES string of the molecule is CCCCN(C(=O)Cn1cnc(-c2ccc(OC)cc2)cc1=O)c1ccccc1. The molecule has 0 aliphatic heterocycles. The van der Waals surface area contributed by atoms with Gasteiger partial charge in [-0.25, -0.2) is 4.98 Å². The van der Waals surface area contributed by atoms with Crippen molar-refractivity contribution in [1.29, 1.82) is 0 Å². The van der Waals surface area contributed by atoms with Crippen molar-refractivity contribution in [2.45, 2.75) is 26.3 Å². The molecule has 6 heteroatoms. The van der Waals surface area contributed by atoms with Crippen LogP contribution in [0.3, 0.4) is 0 Å². The zero-order chi connectivity index (χ0) is 20.6. The molecule has 29 heavy (non-hydrogen) atoms. The Bertz CT molecular complexity index is 998. The highest BCUT2D eigenvalue weighted by Gasteiger charge is 2.16. The van der Waals surface area contributed by atoms with Crippen LogP contribution in [0, 0.1) is 0 Å². The molecule has 0 fully saturated rings. The molecule has 0 atom stereocenters. The number of amides is 1. The van der Waals surface area contributed by atoms with E-state index in [4.69, 9.17) is 4.74 Å². The van der Waals surface area contributed by atoms with Crippen LogP contribution in [0.4, 0.5) is 5.69 Å². The summed E-state index contributed by atoms with van der Waals surface area (Å²) < 4.78 is 6.49. The lowest BCUT2D eigenvalue weighted by Crippen LogP contribution is -2.37. The molecule has 3 rings (SSSR count). The minimum Gasteiger partial charge on any atom is -0.497 e. The first kappa shape index (κ1) is 20.3. The molecule has 0 saturated heterocycles. The van der Waals surface area contributed by atoms with Gasteiger partial charge in [0.15, 0.2) is 0 Å². The smallest absolute Gasteiger partial charge is 0.254 e. The van der Waals surface area contributed by atoms with E-state index < -0.39 is 0 Å². The van der Waals surface area contributed by atoms with Crippen LogP contribution < -0.4 is 15.2 Å². The molecule has 0 N–H and O–H groups in total. The molecule has 0 unspecified atom stereocenters. The Morgan fingerprint density at radius 1 is 1.10 bits per heavy atom. The van der Waals surface area contributed by atoms with Gasteiger partial charge >= 0.3 is 0 Å². The summed E-state index contributed by atoms with van der Waals surface area (Å²) in [7, 11) is 1.60. The predicted molar refractivity (Wildman–Crippen MR) is 114 cm³/mol. The second-order valence-corrected chi connectivity index (χ2v) is 6.70. The van der Waals surface area contributed by atoms with Gasteiger partial charge in [-0.15, -0.1) is 0 Å². The highest BCUT2D eigenvalue weighted by molar-refractivity contribution is 5.93. The molecule has 2 aromatic carbocycles. The number of rotatable bonds is 8. The van der Waals surface area contributed by atoms with Crippen molar-refractivity contribution in [3.63, 3.8) is 0 Å². The Labute approximate surface area is 170 Å². The van der Waals surface area contributed by atoms with E-state index in [1.807, 2.05) is 54.6 Å². The highest BCUT2D eigenvalue weighted by atomic mass is 16.5. The summed E-state index contributed by atoms with van der Waals surface area (Å²) in [6.45, 7) is 2.65. The number of unbranched alkanes of at least 4 members (excludes halogenated alkanes) is 1. The van der Waals surface area contributed by atoms with Crippen molar-refractivity contribution in [1.82, 2.24) is 9.55 Å². The lowest BCUT2D eigenvalue weighted by Gasteiger charge is -2.23. The summed E-state index contributed by atoms with van der Waals surface area (Å²) in [5.74, 6) is 0.603. The third-order valence-corrected chi connectivity index (χ3v) is 4.68. The van der Waals surface area contributed by atoms with E-state index in [2.05, 4.69) is 11.9 Å². The normalized spacial score (nSPS) is 10.6. The second kappa shape index (κ2) is 9.68. The molecule has 1 amide bonds. The van der Waals surface area contributed by atoms with Gasteiger partial charge < -0.3 is 9.64 Å². The van der Waals surface area contributed by atoms with E-state index in [-0.39, 0.29) is 18.0 Å². The first-order valence-electron chi connectivity index (χ1n) is 9.68. The summed E-state index contributed by atoms with van der Waals surface area (Å²) in [4.78, 5) is 31.6. The van der Waals surface area contributed by atoms with E-state index in [0.717, 1.165) is 29.8 Å². The summed E-state index contributed by atoms with van der Waals surface area (Å²) in [5.41, 5.74) is 1.95. The minimum absolute atomic E-state index is 0.0483. The van der Waals surface area contributed by atoms with Crippen LogP contribution in [-0.2, 0) is 11.3 Å². The van der Waals surface area contributed by atoms with Crippen LogP contribution in [0.25, 0.3) is 11.3 Å². The fourth-order valence-electron chi connectivity index (χ4n) is 3.02. The Morgan fingerprint density at radius 2 is 1.83 bits per heavy atom. The van der Waals surface area contributed by atoms with Crippen molar-refractivity contribution in [3.05, 3.63) is 77.3 Å².